The number of carbonyl (C=O) groups excluding carboxylic acids is 2. The molecule has 0 saturated heterocycles. The molecule has 0 aromatic heterocycles. The molecule has 1 aliphatic carbocycles. The molecule has 35 heavy (non-hydrogen) atoms. The molecule has 0 atom stereocenters. The number of Topliss-reactive ketones (excluding diaryl/α,β-unsaturated/α-hetero) is 1. The summed E-state index contributed by atoms with van der Waals surface area (Å²) < 4.78 is 27.6. The zero-order valence-electron chi connectivity index (χ0n) is 19.6. The summed E-state index contributed by atoms with van der Waals surface area (Å²) in [7, 11) is -3.64. The van der Waals surface area contributed by atoms with Crippen molar-refractivity contribution in [3.8, 4) is 0 Å². The first kappa shape index (κ1) is 24.8. The highest BCUT2D eigenvalue weighted by Gasteiger charge is 2.16. The number of fused-ring (bicyclic) bond motifs is 1. The molecule has 1 amide bonds. The largest absolute Gasteiger partial charge is 0.326 e. The maximum Gasteiger partial charge on any atom is 0.240 e. The lowest BCUT2D eigenvalue weighted by Crippen LogP contribution is -2.26. The van der Waals surface area contributed by atoms with E-state index in [0.717, 1.165) is 24.8 Å². The topological polar surface area (TPSA) is 92.3 Å². The number of anilines is 1. The van der Waals surface area contributed by atoms with Gasteiger partial charge < -0.3 is 5.32 Å². The van der Waals surface area contributed by atoms with Crippen LogP contribution >= 0.6 is 0 Å². The van der Waals surface area contributed by atoms with Crippen LogP contribution in [0.25, 0.3) is 0 Å². The van der Waals surface area contributed by atoms with Gasteiger partial charge in [0.05, 0.1) is 4.90 Å². The third-order valence-corrected chi connectivity index (χ3v) is 7.72. The highest BCUT2D eigenvalue weighted by molar-refractivity contribution is 7.89. The minimum atomic E-state index is -3.64. The smallest absolute Gasteiger partial charge is 0.240 e. The fourth-order valence-electron chi connectivity index (χ4n) is 4.28. The molecule has 3 aromatic carbocycles. The van der Waals surface area contributed by atoms with Crippen LogP contribution < -0.4 is 10.0 Å². The normalized spacial score (nSPS) is 13.1. The van der Waals surface area contributed by atoms with Crippen LogP contribution in [0.2, 0.25) is 0 Å². The quantitative estimate of drug-likeness (QED) is 0.404. The van der Waals surface area contributed by atoms with Gasteiger partial charge in [0.15, 0.2) is 5.78 Å². The molecule has 7 heteroatoms. The van der Waals surface area contributed by atoms with Crippen LogP contribution in [0.4, 0.5) is 5.69 Å². The van der Waals surface area contributed by atoms with Crippen LogP contribution in [0.3, 0.4) is 0 Å². The lowest BCUT2D eigenvalue weighted by Gasteiger charge is -2.16. The van der Waals surface area contributed by atoms with Crippen LogP contribution in [0.15, 0.2) is 77.7 Å². The molecule has 0 unspecified atom stereocenters. The van der Waals surface area contributed by atoms with Crippen LogP contribution in [0, 0.1) is 0 Å². The highest BCUT2D eigenvalue weighted by atomic mass is 32.2. The maximum atomic E-state index is 12.6. The van der Waals surface area contributed by atoms with E-state index in [2.05, 4.69) is 10.0 Å². The Balaban J connectivity index is 1.25. The number of hydrogen-bond acceptors (Lipinski definition) is 4. The molecule has 0 fully saturated rings. The van der Waals surface area contributed by atoms with Crippen molar-refractivity contribution in [2.45, 2.75) is 49.8 Å². The standard InChI is InChI=1S/C28H30N2O4S/c31-27(24-11-10-22-8-4-5-9-23(22)20-24)16-17-28(32)30-25-12-14-26(15-13-25)35(33,34)29-19-18-21-6-2-1-3-7-21/h1-3,6-7,10-15,20,29H,4-5,8-9,16-19H2,(H,30,32). The number of aryl methyl sites for hydroxylation is 2. The van der Waals surface area contributed by atoms with E-state index in [-0.39, 0.29) is 29.4 Å². The van der Waals surface area contributed by atoms with Crippen LogP contribution in [-0.4, -0.2) is 26.7 Å². The Hall–Kier alpha value is -3.29. The zero-order chi connectivity index (χ0) is 24.7. The van der Waals surface area contributed by atoms with Gasteiger partial charge in [0, 0.05) is 30.6 Å². The van der Waals surface area contributed by atoms with E-state index in [9.17, 15) is 18.0 Å². The van der Waals surface area contributed by atoms with Gasteiger partial charge in [-0.1, -0.05) is 42.5 Å². The van der Waals surface area contributed by atoms with E-state index >= 15 is 0 Å². The second-order valence-corrected chi connectivity index (χ2v) is 10.6. The Morgan fingerprint density at radius 1 is 0.800 bits per heavy atom. The van der Waals surface area contributed by atoms with Gasteiger partial charge in [-0.15, -0.1) is 0 Å². The molecule has 0 spiro atoms. The number of rotatable bonds is 10. The number of hydrogen-bond donors (Lipinski definition) is 2. The van der Waals surface area contributed by atoms with Gasteiger partial charge in [0.1, 0.15) is 0 Å². The molecule has 182 valence electrons. The summed E-state index contributed by atoms with van der Waals surface area (Å²) in [5.74, 6) is -0.329. The summed E-state index contributed by atoms with van der Waals surface area (Å²) in [6.45, 7) is 0.295. The van der Waals surface area contributed by atoms with Gasteiger partial charge in [-0.05, 0) is 79.1 Å². The average molecular weight is 491 g/mol. The Morgan fingerprint density at radius 2 is 1.51 bits per heavy atom. The number of carbonyl (C=O) groups is 2. The van der Waals surface area contributed by atoms with Crippen molar-refractivity contribution in [2.24, 2.45) is 0 Å². The van der Waals surface area contributed by atoms with Gasteiger partial charge in [0.25, 0.3) is 0 Å². The summed E-state index contributed by atoms with van der Waals surface area (Å²) in [5, 5.41) is 2.74. The van der Waals surface area contributed by atoms with E-state index < -0.39 is 10.0 Å². The van der Waals surface area contributed by atoms with E-state index in [1.54, 1.807) is 12.1 Å². The summed E-state index contributed by atoms with van der Waals surface area (Å²) in [5.41, 5.74) is 4.77. The van der Waals surface area contributed by atoms with Crippen LogP contribution in [0.5, 0.6) is 0 Å². The van der Waals surface area contributed by atoms with Gasteiger partial charge in [0.2, 0.25) is 15.9 Å². The number of amides is 1. The molecule has 6 nitrogen and oxygen atoms in total. The monoisotopic (exact) mass is 490 g/mol. The zero-order valence-corrected chi connectivity index (χ0v) is 20.4. The van der Waals surface area contributed by atoms with E-state index in [1.807, 2.05) is 48.5 Å². The number of benzene rings is 3. The fraction of sp³-hybridized carbons (Fsp3) is 0.286. The molecule has 0 saturated carbocycles. The Morgan fingerprint density at radius 3 is 2.26 bits per heavy atom. The number of ketones is 1. The van der Waals surface area contributed by atoms with Crippen molar-refractivity contribution in [3.05, 3.63) is 95.1 Å². The van der Waals surface area contributed by atoms with Gasteiger partial charge in [-0.3, -0.25) is 9.59 Å². The van der Waals surface area contributed by atoms with Gasteiger partial charge in [-0.25, -0.2) is 13.1 Å². The number of sulfonamides is 1. The summed E-state index contributed by atoms with van der Waals surface area (Å²) in [6.07, 6.45) is 5.20. The lowest BCUT2D eigenvalue weighted by atomic mass is 9.89. The van der Waals surface area contributed by atoms with Crippen molar-refractivity contribution < 1.29 is 18.0 Å². The summed E-state index contributed by atoms with van der Waals surface area (Å²) in [4.78, 5) is 25.0. The van der Waals surface area contributed by atoms with Gasteiger partial charge >= 0.3 is 0 Å². The molecule has 3 aromatic rings. The second-order valence-electron chi connectivity index (χ2n) is 8.82. The van der Waals surface area contributed by atoms with Gasteiger partial charge in [-0.2, -0.15) is 0 Å². The Labute approximate surface area is 206 Å². The predicted octanol–water partition coefficient (Wildman–Crippen LogP) is 4.69. The average Bonchev–Trinajstić information content (AvgIpc) is 2.88. The van der Waals surface area contributed by atoms with E-state index in [1.165, 1.54) is 29.7 Å². The molecule has 0 heterocycles. The van der Waals surface area contributed by atoms with E-state index in [0.29, 0.717) is 24.2 Å². The van der Waals surface area contributed by atoms with E-state index in [4.69, 9.17) is 0 Å². The first-order valence-electron chi connectivity index (χ1n) is 12.0. The van der Waals surface area contributed by atoms with Crippen LogP contribution in [0.1, 0.15) is 52.7 Å². The Bertz CT molecular complexity index is 1290. The SMILES string of the molecule is O=C(CCC(=O)c1ccc2c(c1)CCCC2)Nc1ccc(S(=O)(=O)NCCc2ccccc2)cc1. The third kappa shape index (κ3) is 6.87. The minimum Gasteiger partial charge on any atom is -0.326 e. The molecular weight excluding hydrogens is 460 g/mol. The molecule has 2 N–H and O–H groups in total. The van der Waals surface area contributed by atoms with Crippen molar-refractivity contribution >= 4 is 27.4 Å². The minimum absolute atomic E-state index is 0.0449. The Kier molecular flexibility index (Phi) is 8.10. The first-order valence-corrected chi connectivity index (χ1v) is 13.5. The maximum absolute atomic E-state index is 12.6. The van der Waals surface area contributed by atoms with Crippen molar-refractivity contribution in [2.75, 3.05) is 11.9 Å². The van der Waals surface area contributed by atoms with Crippen molar-refractivity contribution in [1.82, 2.24) is 4.72 Å². The fourth-order valence-corrected chi connectivity index (χ4v) is 5.31. The number of nitrogens with one attached hydrogen (secondary N) is 2. The molecule has 0 radical (unpaired) electrons. The van der Waals surface area contributed by atoms with Crippen molar-refractivity contribution in [1.29, 1.82) is 0 Å². The van der Waals surface area contributed by atoms with Crippen molar-refractivity contribution in [3.63, 3.8) is 0 Å². The summed E-state index contributed by atoms with van der Waals surface area (Å²) in [6, 6.07) is 21.5. The predicted molar refractivity (Wildman–Crippen MR) is 137 cm³/mol. The van der Waals surface area contributed by atoms with Crippen LogP contribution in [-0.2, 0) is 34.1 Å². The second kappa shape index (κ2) is 11.4. The molecule has 0 aliphatic heterocycles. The molecule has 4 rings (SSSR count). The molecular formula is C28H30N2O4S. The summed E-state index contributed by atoms with van der Waals surface area (Å²) >= 11 is 0. The third-order valence-electron chi connectivity index (χ3n) is 6.25. The molecule has 1 aliphatic rings. The molecule has 0 bridgehead atoms. The first-order chi connectivity index (χ1) is 16.9. The highest BCUT2D eigenvalue weighted by Crippen LogP contribution is 2.23. The lowest BCUT2D eigenvalue weighted by molar-refractivity contribution is -0.116.